The van der Waals surface area contributed by atoms with E-state index >= 15 is 0 Å². The molecule has 0 radical (unpaired) electrons. The van der Waals surface area contributed by atoms with Crippen LogP contribution in [0, 0.1) is 12.8 Å². The van der Waals surface area contributed by atoms with E-state index in [9.17, 15) is 4.79 Å². The maximum absolute atomic E-state index is 13.4. The van der Waals surface area contributed by atoms with Crippen molar-refractivity contribution in [3.8, 4) is 0 Å². The first-order valence-corrected chi connectivity index (χ1v) is 11.4. The Kier molecular flexibility index (Phi) is 5.06. The number of urea groups is 1. The number of likely N-dealkylation sites (tertiary alicyclic amines) is 1. The molecule has 29 heavy (non-hydrogen) atoms. The predicted molar refractivity (Wildman–Crippen MR) is 111 cm³/mol. The summed E-state index contributed by atoms with van der Waals surface area (Å²) in [6.07, 6.45) is 8.73. The van der Waals surface area contributed by atoms with Gasteiger partial charge < -0.3 is 14.5 Å². The van der Waals surface area contributed by atoms with Crippen molar-refractivity contribution in [3.05, 3.63) is 17.5 Å². The highest BCUT2D eigenvalue weighted by Crippen LogP contribution is 2.41. The van der Waals surface area contributed by atoms with E-state index in [1.165, 1.54) is 24.1 Å². The van der Waals surface area contributed by atoms with Gasteiger partial charge in [-0.2, -0.15) is 5.10 Å². The topological polar surface area (TPSA) is 53.8 Å². The molecular formula is C22H35N5O2. The minimum atomic E-state index is 0.0109. The van der Waals surface area contributed by atoms with E-state index in [1.807, 2.05) is 17.9 Å². The van der Waals surface area contributed by atoms with Gasteiger partial charge in [-0.05, 0) is 51.4 Å². The Hall–Kier alpha value is -1.60. The first-order chi connectivity index (χ1) is 14.1. The lowest BCUT2D eigenvalue weighted by Crippen LogP contribution is -2.57. The van der Waals surface area contributed by atoms with Crippen LogP contribution in [0.1, 0.15) is 49.8 Å². The molecule has 7 heteroatoms. The van der Waals surface area contributed by atoms with Gasteiger partial charge in [0.05, 0.1) is 11.7 Å². The van der Waals surface area contributed by atoms with Gasteiger partial charge in [0.2, 0.25) is 0 Å². The third-order valence-corrected chi connectivity index (χ3v) is 7.72. The fraction of sp³-hybridized carbons (Fsp3) is 0.818. The molecule has 1 aromatic rings. The quantitative estimate of drug-likeness (QED) is 0.760. The molecule has 0 aromatic carbocycles. The summed E-state index contributed by atoms with van der Waals surface area (Å²) in [6.45, 7) is 8.68. The first kappa shape index (κ1) is 19.4. The number of aryl methyl sites for hydroxylation is 1. The summed E-state index contributed by atoms with van der Waals surface area (Å²) in [5.74, 6) is 0.750. The van der Waals surface area contributed by atoms with Gasteiger partial charge in [0.15, 0.2) is 0 Å². The summed E-state index contributed by atoms with van der Waals surface area (Å²) in [5, 5.41) is 4.38. The van der Waals surface area contributed by atoms with Crippen LogP contribution in [0.5, 0.6) is 0 Å². The highest BCUT2D eigenvalue weighted by molar-refractivity contribution is 5.78. The SMILES string of the molecule is Cc1c(CN2CCC(N3C(=O)N(CC4CC4)CC34CCOCC4)CC2)cnn1C. The summed E-state index contributed by atoms with van der Waals surface area (Å²) in [6, 6.07) is 0.677. The van der Waals surface area contributed by atoms with Crippen LogP contribution in [-0.4, -0.2) is 81.5 Å². The summed E-state index contributed by atoms with van der Waals surface area (Å²) in [7, 11) is 2.00. The molecule has 5 rings (SSSR count). The van der Waals surface area contributed by atoms with E-state index < -0.39 is 0 Å². The second kappa shape index (κ2) is 7.58. The number of carbonyl (C=O) groups excluding carboxylic acids is 1. The third kappa shape index (κ3) is 3.67. The number of hydrogen-bond acceptors (Lipinski definition) is 4. The van der Waals surface area contributed by atoms with Crippen molar-refractivity contribution in [2.45, 2.75) is 63.6 Å². The number of nitrogens with zero attached hydrogens (tertiary/aromatic N) is 5. The van der Waals surface area contributed by atoms with Gasteiger partial charge in [-0.15, -0.1) is 0 Å². The van der Waals surface area contributed by atoms with E-state index in [0.29, 0.717) is 12.1 Å². The van der Waals surface area contributed by atoms with E-state index in [0.717, 1.165) is 77.5 Å². The summed E-state index contributed by atoms with van der Waals surface area (Å²) in [5.41, 5.74) is 2.58. The molecule has 7 nitrogen and oxygen atoms in total. The predicted octanol–water partition coefficient (Wildman–Crippen LogP) is 2.39. The third-order valence-electron chi connectivity index (χ3n) is 7.72. The number of hydrogen-bond donors (Lipinski definition) is 0. The molecule has 1 aliphatic carbocycles. The van der Waals surface area contributed by atoms with Crippen molar-refractivity contribution in [3.63, 3.8) is 0 Å². The molecule has 4 heterocycles. The lowest BCUT2D eigenvalue weighted by atomic mass is 9.86. The highest BCUT2D eigenvalue weighted by Gasteiger charge is 2.53. The van der Waals surface area contributed by atoms with Gasteiger partial charge in [0.25, 0.3) is 0 Å². The molecule has 0 bridgehead atoms. The Labute approximate surface area is 174 Å². The Balaban J connectivity index is 1.26. The average Bonchev–Trinajstić information content (AvgIpc) is 3.45. The van der Waals surface area contributed by atoms with Crippen molar-refractivity contribution in [2.24, 2.45) is 13.0 Å². The van der Waals surface area contributed by atoms with E-state index in [4.69, 9.17) is 4.74 Å². The summed E-state index contributed by atoms with van der Waals surface area (Å²) < 4.78 is 7.63. The average molecular weight is 402 g/mol. The lowest BCUT2D eigenvalue weighted by Gasteiger charge is -2.46. The van der Waals surface area contributed by atoms with Crippen LogP contribution in [-0.2, 0) is 18.3 Å². The van der Waals surface area contributed by atoms with Gasteiger partial charge in [-0.3, -0.25) is 9.58 Å². The minimum Gasteiger partial charge on any atom is -0.381 e. The molecular weight excluding hydrogens is 366 g/mol. The Morgan fingerprint density at radius 1 is 1.17 bits per heavy atom. The maximum Gasteiger partial charge on any atom is 0.320 e. The zero-order valence-corrected chi connectivity index (χ0v) is 18.0. The number of piperidine rings is 1. The number of rotatable bonds is 5. The van der Waals surface area contributed by atoms with Crippen molar-refractivity contribution in [1.29, 1.82) is 0 Å². The van der Waals surface area contributed by atoms with E-state index in [1.54, 1.807) is 0 Å². The van der Waals surface area contributed by atoms with Gasteiger partial charge in [0, 0.05) is 70.3 Å². The Bertz CT molecular complexity index is 744. The van der Waals surface area contributed by atoms with Crippen LogP contribution >= 0.6 is 0 Å². The monoisotopic (exact) mass is 401 g/mol. The largest absolute Gasteiger partial charge is 0.381 e. The number of aromatic nitrogens is 2. The molecule has 2 amide bonds. The Morgan fingerprint density at radius 2 is 1.90 bits per heavy atom. The normalized spacial score (nSPS) is 26.1. The fourth-order valence-corrected chi connectivity index (χ4v) is 5.58. The molecule has 160 valence electrons. The van der Waals surface area contributed by atoms with Crippen LogP contribution in [0.2, 0.25) is 0 Å². The molecule has 3 saturated heterocycles. The molecule has 1 aromatic heterocycles. The highest BCUT2D eigenvalue weighted by atomic mass is 16.5. The molecule has 0 N–H and O–H groups in total. The zero-order valence-electron chi connectivity index (χ0n) is 18.0. The van der Waals surface area contributed by atoms with E-state index in [2.05, 4.69) is 26.7 Å². The minimum absolute atomic E-state index is 0.0109. The van der Waals surface area contributed by atoms with Crippen molar-refractivity contribution >= 4 is 6.03 Å². The molecule has 0 atom stereocenters. The molecule has 4 aliphatic rings. The lowest BCUT2D eigenvalue weighted by molar-refractivity contribution is -0.0167. The molecule has 3 aliphatic heterocycles. The van der Waals surface area contributed by atoms with Crippen LogP contribution in [0.25, 0.3) is 0 Å². The molecule has 0 unspecified atom stereocenters. The van der Waals surface area contributed by atoms with Crippen molar-refractivity contribution < 1.29 is 9.53 Å². The first-order valence-electron chi connectivity index (χ1n) is 11.4. The van der Waals surface area contributed by atoms with Crippen molar-refractivity contribution in [2.75, 3.05) is 39.4 Å². The second-order valence-corrected chi connectivity index (χ2v) is 9.70. The smallest absolute Gasteiger partial charge is 0.320 e. The molecule has 4 fully saturated rings. The Morgan fingerprint density at radius 3 is 2.52 bits per heavy atom. The fourth-order valence-electron chi connectivity index (χ4n) is 5.58. The number of ether oxygens (including phenoxy) is 1. The van der Waals surface area contributed by atoms with Crippen LogP contribution in [0.4, 0.5) is 4.79 Å². The summed E-state index contributed by atoms with van der Waals surface area (Å²) >= 11 is 0. The standard InChI is InChI=1S/C22H35N5O2/c1-17-19(13-23-24(17)2)15-25-9-5-20(6-10-25)27-21(28)26(14-18-3-4-18)16-22(27)7-11-29-12-8-22/h13,18,20H,3-12,14-16H2,1-2H3. The van der Waals surface area contributed by atoms with Crippen molar-refractivity contribution in [1.82, 2.24) is 24.5 Å². The second-order valence-electron chi connectivity index (χ2n) is 9.70. The van der Waals surface area contributed by atoms with Crippen LogP contribution in [0.3, 0.4) is 0 Å². The maximum atomic E-state index is 13.4. The van der Waals surface area contributed by atoms with Gasteiger partial charge in [-0.25, -0.2) is 4.79 Å². The molecule has 1 spiro atoms. The summed E-state index contributed by atoms with van der Waals surface area (Å²) in [4.78, 5) is 20.5. The van der Waals surface area contributed by atoms with Crippen LogP contribution < -0.4 is 0 Å². The number of carbonyl (C=O) groups is 1. The van der Waals surface area contributed by atoms with Gasteiger partial charge >= 0.3 is 6.03 Å². The van der Waals surface area contributed by atoms with Gasteiger partial charge in [-0.1, -0.05) is 0 Å². The number of amides is 2. The van der Waals surface area contributed by atoms with E-state index in [-0.39, 0.29) is 5.54 Å². The van der Waals surface area contributed by atoms with Crippen LogP contribution in [0.15, 0.2) is 6.20 Å². The molecule has 1 saturated carbocycles. The zero-order chi connectivity index (χ0) is 20.0. The van der Waals surface area contributed by atoms with Gasteiger partial charge in [0.1, 0.15) is 0 Å².